The molecule has 0 fully saturated rings. The van der Waals surface area contributed by atoms with E-state index in [1.165, 1.54) is 33.5 Å². The molecule has 0 bridgehead atoms. The fraction of sp³-hybridized carbons (Fsp3) is 0.185. The molecular formula is C27H22FNO6. The third kappa shape index (κ3) is 3.67. The molecule has 2 heterocycles. The maximum absolute atomic E-state index is 14.0. The van der Waals surface area contributed by atoms with Crippen molar-refractivity contribution in [3.05, 3.63) is 99.2 Å². The van der Waals surface area contributed by atoms with Crippen molar-refractivity contribution >= 4 is 16.9 Å². The molecule has 0 spiro atoms. The Labute approximate surface area is 200 Å². The summed E-state index contributed by atoms with van der Waals surface area (Å²) in [6, 6.07) is 15.6. The highest BCUT2D eigenvalue weighted by Gasteiger charge is 2.43. The lowest BCUT2D eigenvalue weighted by Gasteiger charge is -2.26. The fourth-order valence-corrected chi connectivity index (χ4v) is 4.54. The zero-order chi connectivity index (χ0) is 24.7. The van der Waals surface area contributed by atoms with Crippen molar-refractivity contribution < 1.29 is 27.8 Å². The molecule has 0 N–H and O–H groups in total. The van der Waals surface area contributed by atoms with Crippen molar-refractivity contribution in [1.29, 1.82) is 0 Å². The Bertz CT molecular complexity index is 1470. The number of methoxy groups -OCH3 is 3. The van der Waals surface area contributed by atoms with Gasteiger partial charge in [-0.25, -0.2) is 4.39 Å². The van der Waals surface area contributed by atoms with Crippen LogP contribution in [0.15, 0.2) is 69.9 Å². The minimum Gasteiger partial charge on any atom is -0.493 e. The van der Waals surface area contributed by atoms with E-state index in [4.69, 9.17) is 18.6 Å². The van der Waals surface area contributed by atoms with Gasteiger partial charge in [-0.15, -0.1) is 0 Å². The molecule has 3 aromatic carbocycles. The number of amides is 1. The van der Waals surface area contributed by atoms with Crippen LogP contribution in [-0.4, -0.2) is 32.1 Å². The topological polar surface area (TPSA) is 78.2 Å². The molecule has 7 nitrogen and oxygen atoms in total. The van der Waals surface area contributed by atoms with Crippen LogP contribution in [0.5, 0.6) is 17.2 Å². The predicted molar refractivity (Wildman–Crippen MR) is 127 cm³/mol. The maximum Gasteiger partial charge on any atom is 0.291 e. The number of carbonyl (C=O) groups is 1. The molecule has 1 amide bonds. The first-order valence-electron chi connectivity index (χ1n) is 10.9. The lowest BCUT2D eigenvalue weighted by Crippen LogP contribution is -2.29. The van der Waals surface area contributed by atoms with Crippen molar-refractivity contribution in [2.24, 2.45) is 0 Å². The highest BCUT2D eigenvalue weighted by atomic mass is 19.1. The molecule has 0 aliphatic carbocycles. The highest BCUT2D eigenvalue weighted by molar-refractivity contribution is 5.99. The number of nitrogens with zero attached hydrogens (tertiary/aromatic N) is 1. The van der Waals surface area contributed by atoms with Crippen molar-refractivity contribution in [2.45, 2.75) is 12.6 Å². The molecule has 1 unspecified atom stereocenters. The smallest absolute Gasteiger partial charge is 0.291 e. The van der Waals surface area contributed by atoms with Gasteiger partial charge in [0.2, 0.25) is 11.5 Å². The van der Waals surface area contributed by atoms with E-state index in [0.717, 1.165) is 11.6 Å². The van der Waals surface area contributed by atoms with Gasteiger partial charge in [0.25, 0.3) is 5.91 Å². The minimum absolute atomic E-state index is 0.0653. The van der Waals surface area contributed by atoms with E-state index < -0.39 is 23.2 Å². The third-order valence-electron chi connectivity index (χ3n) is 6.13. The number of carbonyl (C=O) groups excluding carboxylic acids is 1. The van der Waals surface area contributed by atoms with Gasteiger partial charge in [-0.05, 0) is 41.5 Å². The van der Waals surface area contributed by atoms with Gasteiger partial charge in [-0.1, -0.05) is 30.3 Å². The summed E-state index contributed by atoms with van der Waals surface area (Å²) in [5.41, 5.74) is 1.25. The average molecular weight is 475 g/mol. The zero-order valence-corrected chi connectivity index (χ0v) is 19.3. The van der Waals surface area contributed by atoms with E-state index in [2.05, 4.69) is 0 Å². The predicted octanol–water partition coefficient (Wildman–Crippen LogP) is 4.70. The van der Waals surface area contributed by atoms with Gasteiger partial charge in [0.05, 0.1) is 38.3 Å². The van der Waals surface area contributed by atoms with Crippen LogP contribution < -0.4 is 19.6 Å². The van der Waals surface area contributed by atoms with Crippen molar-refractivity contribution in [3.63, 3.8) is 0 Å². The summed E-state index contributed by atoms with van der Waals surface area (Å²) in [7, 11) is 4.47. The van der Waals surface area contributed by atoms with Gasteiger partial charge in [-0.3, -0.25) is 9.59 Å². The molecule has 5 rings (SSSR count). The normalized spacial score (nSPS) is 14.8. The van der Waals surface area contributed by atoms with Crippen LogP contribution in [0.1, 0.15) is 33.3 Å². The van der Waals surface area contributed by atoms with E-state index in [1.54, 1.807) is 17.0 Å². The molecule has 1 aromatic heterocycles. The molecule has 0 saturated heterocycles. The molecule has 1 aliphatic rings. The molecule has 4 aromatic rings. The lowest BCUT2D eigenvalue weighted by atomic mass is 9.97. The van der Waals surface area contributed by atoms with Gasteiger partial charge in [-0.2, -0.15) is 0 Å². The van der Waals surface area contributed by atoms with Gasteiger partial charge in [0.1, 0.15) is 11.4 Å². The largest absolute Gasteiger partial charge is 0.493 e. The van der Waals surface area contributed by atoms with Crippen molar-refractivity contribution in [2.75, 3.05) is 21.3 Å². The van der Waals surface area contributed by atoms with Gasteiger partial charge in [0, 0.05) is 6.54 Å². The Balaban J connectivity index is 1.78. The van der Waals surface area contributed by atoms with Gasteiger partial charge < -0.3 is 23.5 Å². The van der Waals surface area contributed by atoms with Crippen LogP contribution in [0.3, 0.4) is 0 Å². The van der Waals surface area contributed by atoms with Crippen molar-refractivity contribution in [1.82, 2.24) is 4.90 Å². The quantitative estimate of drug-likeness (QED) is 0.402. The molecule has 1 aliphatic heterocycles. The Morgan fingerprint density at radius 2 is 1.60 bits per heavy atom. The van der Waals surface area contributed by atoms with E-state index in [9.17, 15) is 14.0 Å². The number of benzene rings is 3. The summed E-state index contributed by atoms with van der Waals surface area (Å²) in [6.07, 6.45) is 0. The van der Waals surface area contributed by atoms with E-state index in [-0.39, 0.29) is 28.8 Å². The maximum atomic E-state index is 14.0. The number of hydrogen-bond acceptors (Lipinski definition) is 6. The number of fused-ring (bicyclic) bond motifs is 2. The molecule has 0 saturated carbocycles. The summed E-state index contributed by atoms with van der Waals surface area (Å²) in [4.78, 5) is 28.8. The first-order valence-corrected chi connectivity index (χ1v) is 10.9. The number of hydrogen-bond donors (Lipinski definition) is 0. The van der Waals surface area contributed by atoms with E-state index >= 15 is 0 Å². The van der Waals surface area contributed by atoms with Crippen LogP contribution in [0.2, 0.25) is 0 Å². The fourth-order valence-electron chi connectivity index (χ4n) is 4.54. The second kappa shape index (κ2) is 8.79. The lowest BCUT2D eigenvalue weighted by molar-refractivity contribution is 0.0714. The summed E-state index contributed by atoms with van der Waals surface area (Å²) in [5, 5.41) is 0.0653. The first-order chi connectivity index (χ1) is 17.0. The second-order valence-electron chi connectivity index (χ2n) is 8.09. The third-order valence-corrected chi connectivity index (χ3v) is 6.13. The monoisotopic (exact) mass is 475 g/mol. The van der Waals surface area contributed by atoms with Crippen LogP contribution in [0.4, 0.5) is 4.39 Å². The number of halogens is 1. The molecule has 0 radical (unpaired) electrons. The highest BCUT2D eigenvalue weighted by Crippen LogP contribution is 2.45. The Kier molecular flexibility index (Phi) is 5.64. The number of ether oxygens (including phenoxy) is 3. The minimum atomic E-state index is -0.824. The number of rotatable bonds is 6. The van der Waals surface area contributed by atoms with Crippen LogP contribution >= 0.6 is 0 Å². The SMILES string of the molecule is COc1cc(C2c3c(oc4ccc(F)cc4c3=O)C(=O)N2Cc2ccccc2)cc(OC)c1OC. The van der Waals surface area contributed by atoms with Crippen molar-refractivity contribution in [3.8, 4) is 17.2 Å². The summed E-state index contributed by atoms with van der Waals surface area (Å²) in [5.74, 6) is 0.0528. The molecular weight excluding hydrogens is 453 g/mol. The van der Waals surface area contributed by atoms with Crippen LogP contribution in [0, 0.1) is 5.82 Å². The molecule has 35 heavy (non-hydrogen) atoms. The Morgan fingerprint density at radius 3 is 2.23 bits per heavy atom. The Morgan fingerprint density at radius 1 is 0.914 bits per heavy atom. The summed E-state index contributed by atoms with van der Waals surface area (Å²) in [6.45, 7) is 0.218. The van der Waals surface area contributed by atoms with Crippen LogP contribution in [0.25, 0.3) is 11.0 Å². The standard InChI is InChI=1S/C27H22FNO6/c1-32-20-11-16(12-21(33-2)25(20)34-3)23-22-24(30)18-13-17(28)9-10-19(18)35-26(22)27(31)29(23)14-15-7-5-4-6-8-15/h4-13,23H,14H2,1-3H3. The first kappa shape index (κ1) is 22.5. The Hall–Kier alpha value is -4.33. The van der Waals surface area contributed by atoms with Crippen LogP contribution in [-0.2, 0) is 6.54 Å². The second-order valence-corrected chi connectivity index (χ2v) is 8.09. The molecule has 8 heteroatoms. The van der Waals surface area contributed by atoms with E-state index in [1.807, 2.05) is 30.3 Å². The van der Waals surface area contributed by atoms with E-state index in [0.29, 0.717) is 22.8 Å². The zero-order valence-electron chi connectivity index (χ0n) is 19.3. The summed E-state index contributed by atoms with van der Waals surface area (Å²) >= 11 is 0. The molecule has 178 valence electrons. The summed E-state index contributed by atoms with van der Waals surface area (Å²) < 4.78 is 36.3. The average Bonchev–Trinajstić information content (AvgIpc) is 3.15. The van der Waals surface area contributed by atoms with Gasteiger partial charge >= 0.3 is 0 Å². The van der Waals surface area contributed by atoms with Gasteiger partial charge in [0.15, 0.2) is 16.9 Å². The molecule has 1 atom stereocenters.